The Morgan fingerprint density at radius 2 is 2.00 bits per heavy atom. The molecule has 0 radical (unpaired) electrons. The van der Waals surface area contributed by atoms with Gasteiger partial charge in [-0.2, -0.15) is 5.26 Å². The highest BCUT2D eigenvalue weighted by atomic mass is 35.5. The van der Waals surface area contributed by atoms with Crippen molar-refractivity contribution in [3.8, 4) is 17.2 Å². The van der Waals surface area contributed by atoms with Gasteiger partial charge in [0, 0.05) is 17.8 Å². The molecule has 1 heterocycles. The molecule has 2 aromatic rings. The topological polar surface area (TPSA) is 96.1 Å². The second-order valence-corrected chi connectivity index (χ2v) is 6.08. The van der Waals surface area contributed by atoms with E-state index in [1.807, 2.05) is 18.2 Å². The maximum atomic E-state index is 12.6. The van der Waals surface area contributed by atoms with Crippen molar-refractivity contribution in [3.63, 3.8) is 0 Å². The second kappa shape index (κ2) is 5.91. The highest BCUT2D eigenvalue weighted by molar-refractivity contribution is 6.33. The van der Waals surface area contributed by atoms with E-state index in [-0.39, 0.29) is 12.5 Å². The molecule has 2 aromatic carbocycles. The van der Waals surface area contributed by atoms with Gasteiger partial charge in [0.15, 0.2) is 0 Å². The smallest absolute Gasteiger partial charge is 0.256 e. The monoisotopic (exact) mass is 338 g/mol. The van der Waals surface area contributed by atoms with Crippen molar-refractivity contribution in [2.45, 2.75) is 6.54 Å². The lowest BCUT2D eigenvalue weighted by atomic mass is 9.95. The number of carbonyl (C=O) groups is 1. The summed E-state index contributed by atoms with van der Waals surface area (Å²) in [4.78, 5) is 14.2. The molecule has 24 heavy (non-hydrogen) atoms. The molecule has 120 valence electrons. The van der Waals surface area contributed by atoms with Crippen molar-refractivity contribution >= 4 is 28.9 Å². The number of nitriles is 1. The fraction of sp³-hybridized carbons (Fsp3) is 0.111. The van der Waals surface area contributed by atoms with Crippen molar-refractivity contribution in [2.24, 2.45) is 0 Å². The average molecular weight is 339 g/mol. The lowest BCUT2D eigenvalue weighted by molar-refractivity contribution is 0.0795. The highest BCUT2D eigenvalue weighted by Gasteiger charge is 2.32. The molecule has 0 bridgehead atoms. The van der Waals surface area contributed by atoms with Crippen LogP contribution in [0.3, 0.4) is 0 Å². The van der Waals surface area contributed by atoms with E-state index in [0.29, 0.717) is 34.1 Å². The van der Waals surface area contributed by atoms with Gasteiger partial charge in [-0.05, 0) is 34.9 Å². The first-order valence-electron chi connectivity index (χ1n) is 7.26. The number of anilines is 2. The minimum absolute atomic E-state index is 0.186. The zero-order chi connectivity index (χ0) is 17.4. The summed E-state index contributed by atoms with van der Waals surface area (Å²) in [6.07, 6.45) is 0. The summed E-state index contributed by atoms with van der Waals surface area (Å²) in [5, 5.41) is 9.36. The lowest BCUT2D eigenvalue weighted by Gasteiger charge is -2.14. The molecule has 0 saturated carbocycles. The van der Waals surface area contributed by atoms with Crippen LogP contribution in [0.2, 0.25) is 5.02 Å². The normalized spacial score (nSPS) is 12.8. The number of fused-ring (bicyclic) bond motifs is 1. The SMILES string of the molecule is C=C(C#N)CN1Cc2c(-c3ccc(N)c(Cl)c3)ccc(N)c2C1=O. The zero-order valence-electron chi connectivity index (χ0n) is 12.8. The Morgan fingerprint density at radius 1 is 1.29 bits per heavy atom. The molecule has 1 aliphatic rings. The third-order valence-corrected chi connectivity index (χ3v) is 4.37. The fourth-order valence-electron chi connectivity index (χ4n) is 2.86. The van der Waals surface area contributed by atoms with Crippen LogP contribution in [-0.4, -0.2) is 17.4 Å². The van der Waals surface area contributed by atoms with Crippen LogP contribution >= 0.6 is 11.6 Å². The van der Waals surface area contributed by atoms with Gasteiger partial charge in [-0.1, -0.05) is 30.3 Å². The van der Waals surface area contributed by atoms with Gasteiger partial charge in [0.05, 0.1) is 28.9 Å². The Morgan fingerprint density at radius 3 is 2.67 bits per heavy atom. The molecule has 0 aliphatic carbocycles. The van der Waals surface area contributed by atoms with Crippen molar-refractivity contribution in [1.29, 1.82) is 5.26 Å². The number of nitrogens with two attached hydrogens (primary N) is 2. The first-order valence-corrected chi connectivity index (χ1v) is 7.64. The van der Waals surface area contributed by atoms with Crippen LogP contribution in [0.5, 0.6) is 0 Å². The highest BCUT2D eigenvalue weighted by Crippen LogP contribution is 2.37. The van der Waals surface area contributed by atoms with E-state index >= 15 is 0 Å². The van der Waals surface area contributed by atoms with Crippen molar-refractivity contribution < 1.29 is 4.79 Å². The summed E-state index contributed by atoms with van der Waals surface area (Å²) in [6, 6.07) is 10.9. The Balaban J connectivity index is 2.08. The largest absolute Gasteiger partial charge is 0.398 e. The van der Waals surface area contributed by atoms with Crippen LogP contribution in [0.1, 0.15) is 15.9 Å². The van der Waals surface area contributed by atoms with E-state index in [0.717, 1.165) is 16.7 Å². The first kappa shape index (κ1) is 15.9. The molecular formula is C18H15ClN4O. The molecule has 3 rings (SSSR count). The number of hydrogen-bond acceptors (Lipinski definition) is 4. The van der Waals surface area contributed by atoms with E-state index in [4.69, 9.17) is 28.3 Å². The maximum absolute atomic E-state index is 12.6. The van der Waals surface area contributed by atoms with Gasteiger partial charge in [-0.25, -0.2) is 0 Å². The lowest BCUT2D eigenvalue weighted by Crippen LogP contribution is -2.26. The molecule has 0 fully saturated rings. The summed E-state index contributed by atoms with van der Waals surface area (Å²) >= 11 is 6.12. The van der Waals surface area contributed by atoms with Crippen molar-refractivity contribution in [3.05, 3.63) is 58.6 Å². The van der Waals surface area contributed by atoms with Gasteiger partial charge < -0.3 is 16.4 Å². The van der Waals surface area contributed by atoms with E-state index < -0.39 is 0 Å². The minimum atomic E-state index is -0.192. The molecule has 1 amide bonds. The standard InChI is InChI=1S/C18H15ClN4O/c1-10(7-20)8-23-9-13-12(3-5-16(22)17(13)18(23)24)11-2-4-15(21)14(19)6-11/h2-6H,1,8-9,21-22H2. The third kappa shape index (κ3) is 2.57. The second-order valence-electron chi connectivity index (χ2n) is 5.67. The fourth-order valence-corrected chi connectivity index (χ4v) is 3.04. The van der Waals surface area contributed by atoms with Gasteiger partial charge in [0.1, 0.15) is 0 Å². The van der Waals surface area contributed by atoms with Gasteiger partial charge in [-0.15, -0.1) is 0 Å². The summed E-state index contributed by atoms with van der Waals surface area (Å²) < 4.78 is 0. The molecule has 4 N–H and O–H groups in total. The Kier molecular flexibility index (Phi) is 3.92. The van der Waals surface area contributed by atoms with Gasteiger partial charge in [-0.3, -0.25) is 4.79 Å². The van der Waals surface area contributed by atoms with E-state index in [1.54, 1.807) is 23.1 Å². The van der Waals surface area contributed by atoms with Crippen LogP contribution in [0.4, 0.5) is 11.4 Å². The van der Waals surface area contributed by atoms with E-state index in [9.17, 15) is 4.79 Å². The van der Waals surface area contributed by atoms with E-state index in [2.05, 4.69) is 6.58 Å². The molecule has 0 aromatic heterocycles. The minimum Gasteiger partial charge on any atom is -0.398 e. The summed E-state index contributed by atoms with van der Waals surface area (Å²) in [6.45, 7) is 4.20. The molecule has 0 atom stereocenters. The molecule has 0 unspecified atom stereocenters. The molecule has 5 nitrogen and oxygen atoms in total. The van der Waals surface area contributed by atoms with Crippen LogP contribution in [0.25, 0.3) is 11.1 Å². The van der Waals surface area contributed by atoms with Gasteiger partial charge >= 0.3 is 0 Å². The number of amides is 1. The Bertz CT molecular complexity index is 914. The Labute approximate surface area is 144 Å². The summed E-state index contributed by atoms with van der Waals surface area (Å²) in [7, 11) is 0. The van der Waals surface area contributed by atoms with Crippen molar-refractivity contribution in [2.75, 3.05) is 18.0 Å². The van der Waals surface area contributed by atoms with Crippen molar-refractivity contribution in [1.82, 2.24) is 4.90 Å². The average Bonchev–Trinajstić information content (AvgIpc) is 2.88. The van der Waals surface area contributed by atoms with Gasteiger partial charge in [0.2, 0.25) is 0 Å². The van der Waals surface area contributed by atoms with Crippen LogP contribution in [0.15, 0.2) is 42.5 Å². The van der Waals surface area contributed by atoms with Crippen LogP contribution in [-0.2, 0) is 6.54 Å². The van der Waals surface area contributed by atoms with Crippen LogP contribution in [0, 0.1) is 11.3 Å². The third-order valence-electron chi connectivity index (χ3n) is 4.05. The number of nitrogens with zero attached hydrogens (tertiary/aromatic N) is 2. The number of benzene rings is 2. The number of rotatable bonds is 3. The molecule has 1 aliphatic heterocycles. The Hall–Kier alpha value is -2.97. The first-order chi connectivity index (χ1) is 11.4. The molecular weight excluding hydrogens is 324 g/mol. The maximum Gasteiger partial charge on any atom is 0.256 e. The number of carbonyl (C=O) groups excluding carboxylic acids is 1. The van der Waals surface area contributed by atoms with Gasteiger partial charge in [0.25, 0.3) is 5.91 Å². The predicted molar refractivity (Wildman–Crippen MR) is 95.2 cm³/mol. The number of nitrogen functional groups attached to an aromatic ring is 2. The molecule has 0 saturated heterocycles. The number of halogens is 1. The quantitative estimate of drug-likeness (QED) is 0.663. The zero-order valence-corrected chi connectivity index (χ0v) is 13.6. The molecule has 0 spiro atoms. The summed E-state index contributed by atoms with van der Waals surface area (Å²) in [5.74, 6) is -0.192. The predicted octanol–water partition coefficient (Wildman–Crippen LogP) is 3.21. The van der Waals surface area contributed by atoms with Crippen LogP contribution < -0.4 is 11.5 Å². The molecule has 6 heteroatoms. The summed E-state index contributed by atoms with van der Waals surface area (Å²) in [5.41, 5.74) is 16.1. The van der Waals surface area contributed by atoms with E-state index in [1.165, 1.54) is 0 Å². The number of hydrogen-bond donors (Lipinski definition) is 2.